The summed E-state index contributed by atoms with van der Waals surface area (Å²) in [7, 11) is 0. The Labute approximate surface area is 155 Å². The zero-order valence-electron chi connectivity index (χ0n) is 17.1. The van der Waals surface area contributed by atoms with Crippen molar-refractivity contribution >= 4 is 0 Å². The Bertz CT molecular complexity index is 463. The summed E-state index contributed by atoms with van der Waals surface area (Å²) >= 11 is 0. The number of ether oxygens (including phenoxy) is 1. The van der Waals surface area contributed by atoms with Gasteiger partial charge in [0.15, 0.2) is 11.6 Å². The molecule has 1 nitrogen and oxygen atoms in total. The number of rotatable bonds is 13. The first-order valence-corrected chi connectivity index (χ1v) is 10.5. The van der Waals surface area contributed by atoms with Crippen LogP contribution in [-0.2, 0) is 0 Å². The fourth-order valence-corrected chi connectivity index (χ4v) is 3.85. The van der Waals surface area contributed by atoms with Gasteiger partial charge in [-0.3, -0.25) is 0 Å². The van der Waals surface area contributed by atoms with Gasteiger partial charge in [0.05, 0.1) is 6.10 Å². The summed E-state index contributed by atoms with van der Waals surface area (Å²) in [5, 5.41) is 0. The molecule has 0 aliphatic rings. The lowest BCUT2D eigenvalue weighted by Gasteiger charge is -2.20. The van der Waals surface area contributed by atoms with E-state index in [1.54, 1.807) is 6.07 Å². The molecule has 0 amide bonds. The Morgan fingerprint density at radius 1 is 0.880 bits per heavy atom. The standard InChI is InChI=1S/C23H39FO/c1-6-10-19(11-7-2)13-9-14-20(12-8-3)21-15-16-23(22(24)17-21)25-18(4)5/h15-20H,6-14H2,1-5H3. The van der Waals surface area contributed by atoms with Gasteiger partial charge in [-0.2, -0.15) is 0 Å². The maximum absolute atomic E-state index is 14.3. The van der Waals surface area contributed by atoms with E-state index >= 15 is 0 Å². The lowest BCUT2D eigenvalue weighted by Crippen LogP contribution is -2.08. The minimum atomic E-state index is -0.220. The first-order valence-electron chi connectivity index (χ1n) is 10.5. The molecular weight excluding hydrogens is 311 g/mol. The summed E-state index contributed by atoms with van der Waals surface area (Å²) in [4.78, 5) is 0. The Hall–Kier alpha value is -1.05. The van der Waals surface area contributed by atoms with E-state index in [1.165, 1.54) is 44.9 Å². The summed E-state index contributed by atoms with van der Waals surface area (Å²) in [6, 6.07) is 5.58. The molecule has 0 aliphatic carbocycles. The average Bonchev–Trinajstić information content (AvgIpc) is 2.56. The van der Waals surface area contributed by atoms with E-state index in [0.717, 1.165) is 24.3 Å². The van der Waals surface area contributed by atoms with Crippen LogP contribution in [0.5, 0.6) is 5.75 Å². The van der Waals surface area contributed by atoms with E-state index in [2.05, 4.69) is 26.8 Å². The Morgan fingerprint density at radius 3 is 2.04 bits per heavy atom. The van der Waals surface area contributed by atoms with Crippen molar-refractivity contribution in [3.8, 4) is 5.75 Å². The fraction of sp³-hybridized carbons (Fsp3) is 0.739. The first-order chi connectivity index (χ1) is 12.0. The van der Waals surface area contributed by atoms with Gasteiger partial charge in [-0.1, -0.05) is 71.8 Å². The third-order valence-corrected chi connectivity index (χ3v) is 4.99. The van der Waals surface area contributed by atoms with Crippen LogP contribution in [0, 0.1) is 11.7 Å². The topological polar surface area (TPSA) is 9.23 Å². The molecular formula is C23H39FO. The molecule has 0 radical (unpaired) electrons. The molecule has 1 unspecified atom stereocenters. The van der Waals surface area contributed by atoms with Gasteiger partial charge in [0.1, 0.15) is 0 Å². The maximum Gasteiger partial charge on any atom is 0.165 e. The number of halogens is 1. The van der Waals surface area contributed by atoms with Crippen molar-refractivity contribution in [2.24, 2.45) is 5.92 Å². The Morgan fingerprint density at radius 2 is 1.52 bits per heavy atom. The van der Waals surface area contributed by atoms with Crippen molar-refractivity contribution in [1.29, 1.82) is 0 Å². The van der Waals surface area contributed by atoms with Crippen molar-refractivity contribution in [3.63, 3.8) is 0 Å². The van der Waals surface area contributed by atoms with Gasteiger partial charge < -0.3 is 4.74 Å². The molecule has 0 saturated carbocycles. The SMILES string of the molecule is CCCC(CCC)CCCC(CCC)c1ccc(OC(C)C)c(F)c1. The molecule has 0 heterocycles. The second-order valence-electron chi connectivity index (χ2n) is 7.72. The van der Waals surface area contributed by atoms with Crippen molar-refractivity contribution in [2.45, 2.75) is 104 Å². The average molecular weight is 351 g/mol. The van der Waals surface area contributed by atoms with Crippen LogP contribution in [0.15, 0.2) is 18.2 Å². The molecule has 0 aromatic heterocycles. The highest BCUT2D eigenvalue weighted by molar-refractivity contribution is 5.31. The molecule has 1 rings (SSSR count). The van der Waals surface area contributed by atoms with Crippen molar-refractivity contribution in [3.05, 3.63) is 29.6 Å². The van der Waals surface area contributed by atoms with E-state index in [1.807, 2.05) is 19.9 Å². The van der Waals surface area contributed by atoms with Crippen LogP contribution in [0.3, 0.4) is 0 Å². The van der Waals surface area contributed by atoms with Crippen LogP contribution >= 0.6 is 0 Å². The van der Waals surface area contributed by atoms with E-state index in [-0.39, 0.29) is 11.9 Å². The van der Waals surface area contributed by atoms with Gasteiger partial charge in [0.2, 0.25) is 0 Å². The highest BCUT2D eigenvalue weighted by atomic mass is 19.1. The second-order valence-corrected chi connectivity index (χ2v) is 7.72. The van der Waals surface area contributed by atoms with Crippen LogP contribution in [0.4, 0.5) is 4.39 Å². The molecule has 1 aromatic carbocycles. The summed E-state index contributed by atoms with van der Waals surface area (Å²) in [6.45, 7) is 10.6. The second kappa shape index (κ2) is 12.3. The minimum Gasteiger partial charge on any atom is -0.488 e. The van der Waals surface area contributed by atoms with Gasteiger partial charge in [0.25, 0.3) is 0 Å². The molecule has 0 bridgehead atoms. The molecule has 144 valence electrons. The fourth-order valence-electron chi connectivity index (χ4n) is 3.85. The Balaban J connectivity index is 2.67. The Kier molecular flexibility index (Phi) is 10.8. The van der Waals surface area contributed by atoms with Crippen molar-refractivity contribution in [2.75, 3.05) is 0 Å². The van der Waals surface area contributed by atoms with Crippen molar-refractivity contribution in [1.82, 2.24) is 0 Å². The van der Waals surface area contributed by atoms with Crippen LogP contribution < -0.4 is 4.74 Å². The summed E-state index contributed by atoms with van der Waals surface area (Å²) < 4.78 is 19.9. The predicted octanol–water partition coefficient (Wildman–Crippen LogP) is 7.88. The number of hydrogen-bond donors (Lipinski definition) is 0. The third kappa shape index (κ3) is 8.25. The summed E-state index contributed by atoms with van der Waals surface area (Å²) in [5.41, 5.74) is 1.14. The first kappa shape index (κ1) is 22.0. The minimum absolute atomic E-state index is 0.000790. The van der Waals surface area contributed by atoms with Gasteiger partial charge in [-0.05, 0) is 56.2 Å². The molecule has 2 heteroatoms. The predicted molar refractivity (Wildman–Crippen MR) is 107 cm³/mol. The summed E-state index contributed by atoms with van der Waals surface area (Å²) in [6.07, 6.45) is 11.3. The van der Waals surface area contributed by atoms with Crippen molar-refractivity contribution < 1.29 is 9.13 Å². The van der Waals surface area contributed by atoms with Crippen LogP contribution in [-0.4, -0.2) is 6.10 Å². The zero-order valence-corrected chi connectivity index (χ0v) is 17.1. The molecule has 1 aromatic rings. The molecule has 0 saturated heterocycles. The van der Waals surface area contributed by atoms with E-state index < -0.39 is 0 Å². The van der Waals surface area contributed by atoms with E-state index in [9.17, 15) is 4.39 Å². The maximum atomic E-state index is 14.3. The monoisotopic (exact) mass is 350 g/mol. The lowest BCUT2D eigenvalue weighted by atomic mass is 9.86. The molecule has 0 fully saturated rings. The highest BCUT2D eigenvalue weighted by Crippen LogP contribution is 2.32. The molecule has 1 atom stereocenters. The van der Waals surface area contributed by atoms with Gasteiger partial charge >= 0.3 is 0 Å². The van der Waals surface area contributed by atoms with E-state index in [4.69, 9.17) is 4.74 Å². The van der Waals surface area contributed by atoms with Gasteiger partial charge in [-0.15, -0.1) is 0 Å². The molecule has 0 aliphatic heterocycles. The van der Waals surface area contributed by atoms with Gasteiger partial charge in [-0.25, -0.2) is 4.39 Å². The van der Waals surface area contributed by atoms with Gasteiger partial charge in [0, 0.05) is 0 Å². The smallest absolute Gasteiger partial charge is 0.165 e. The normalized spacial score (nSPS) is 12.8. The summed E-state index contributed by atoms with van der Waals surface area (Å²) in [5.74, 6) is 1.49. The number of hydrogen-bond acceptors (Lipinski definition) is 1. The van der Waals surface area contributed by atoms with Crippen LogP contribution in [0.25, 0.3) is 0 Å². The van der Waals surface area contributed by atoms with Crippen LogP contribution in [0.2, 0.25) is 0 Å². The molecule has 0 spiro atoms. The number of benzene rings is 1. The highest BCUT2D eigenvalue weighted by Gasteiger charge is 2.15. The van der Waals surface area contributed by atoms with E-state index in [0.29, 0.717) is 11.7 Å². The molecule has 0 N–H and O–H groups in total. The quantitative estimate of drug-likeness (QED) is 0.351. The largest absolute Gasteiger partial charge is 0.488 e. The molecule has 25 heavy (non-hydrogen) atoms. The van der Waals surface area contributed by atoms with Crippen LogP contribution in [0.1, 0.15) is 104 Å². The zero-order chi connectivity index (χ0) is 18.7. The lowest BCUT2D eigenvalue weighted by molar-refractivity contribution is 0.231. The third-order valence-electron chi connectivity index (χ3n) is 4.99.